The molecule has 2 aliphatic rings. The molecule has 0 aliphatic carbocycles. The van der Waals surface area contributed by atoms with E-state index in [0.717, 1.165) is 63.5 Å². The van der Waals surface area contributed by atoms with E-state index in [1.165, 1.54) is 5.69 Å². The fourth-order valence-corrected chi connectivity index (χ4v) is 3.85. The Hall–Kier alpha value is -2.53. The van der Waals surface area contributed by atoms with Crippen LogP contribution in [-0.2, 0) is 4.74 Å². The van der Waals surface area contributed by atoms with Gasteiger partial charge in [-0.15, -0.1) is 0 Å². The number of nitrogens with one attached hydrogen (secondary N) is 1. The molecule has 1 N–H and O–H groups in total. The predicted molar refractivity (Wildman–Crippen MR) is 109 cm³/mol. The number of carbonyl (C=O) groups excluding carboxylic acids is 1. The number of nitrogens with zero attached hydrogens (tertiary/aromatic N) is 2. The SMILES string of the molecule is O=C(NC1CCN(c2ccccc2)CC1)c1cccc(N2CCOCC2)c1. The molecule has 0 atom stereocenters. The third-order valence-corrected chi connectivity index (χ3v) is 5.44. The van der Waals surface area contributed by atoms with Gasteiger partial charge >= 0.3 is 0 Å². The van der Waals surface area contributed by atoms with Gasteiger partial charge < -0.3 is 19.9 Å². The zero-order valence-electron chi connectivity index (χ0n) is 15.6. The maximum atomic E-state index is 12.7. The molecule has 0 aromatic heterocycles. The summed E-state index contributed by atoms with van der Waals surface area (Å²) in [6, 6.07) is 18.7. The topological polar surface area (TPSA) is 44.8 Å². The number of anilines is 2. The van der Waals surface area contributed by atoms with E-state index >= 15 is 0 Å². The molecule has 5 nitrogen and oxygen atoms in total. The van der Waals surface area contributed by atoms with Crippen LogP contribution in [0.1, 0.15) is 23.2 Å². The second kappa shape index (κ2) is 8.44. The molecule has 0 bridgehead atoms. The highest BCUT2D eigenvalue weighted by atomic mass is 16.5. The number of amides is 1. The standard InChI is InChI=1S/C22H27N3O2/c26-22(18-5-4-8-21(17-18)25-13-15-27-16-14-25)23-19-9-11-24(12-10-19)20-6-2-1-3-7-20/h1-8,17,19H,9-16H2,(H,23,26). The van der Waals surface area contributed by atoms with Crippen LogP contribution < -0.4 is 15.1 Å². The van der Waals surface area contributed by atoms with Crippen LogP contribution in [0, 0.1) is 0 Å². The van der Waals surface area contributed by atoms with E-state index in [2.05, 4.69) is 45.4 Å². The van der Waals surface area contributed by atoms with Crippen molar-refractivity contribution in [3.05, 3.63) is 60.2 Å². The van der Waals surface area contributed by atoms with E-state index in [9.17, 15) is 4.79 Å². The molecular weight excluding hydrogens is 338 g/mol. The molecular formula is C22H27N3O2. The van der Waals surface area contributed by atoms with E-state index in [1.54, 1.807) is 0 Å². The van der Waals surface area contributed by atoms with Gasteiger partial charge in [0.25, 0.3) is 5.91 Å². The first-order valence-corrected chi connectivity index (χ1v) is 9.83. The van der Waals surface area contributed by atoms with Gasteiger partial charge in [-0.2, -0.15) is 0 Å². The largest absolute Gasteiger partial charge is 0.378 e. The molecule has 142 valence electrons. The van der Waals surface area contributed by atoms with Crippen molar-refractivity contribution in [2.45, 2.75) is 18.9 Å². The summed E-state index contributed by atoms with van der Waals surface area (Å²) in [7, 11) is 0. The second-order valence-electron chi connectivity index (χ2n) is 7.22. The highest BCUT2D eigenvalue weighted by Crippen LogP contribution is 2.21. The maximum absolute atomic E-state index is 12.7. The molecule has 0 saturated carbocycles. The predicted octanol–water partition coefficient (Wildman–Crippen LogP) is 2.92. The lowest BCUT2D eigenvalue weighted by Crippen LogP contribution is -2.44. The Kier molecular flexibility index (Phi) is 5.58. The molecule has 2 fully saturated rings. The molecule has 0 spiro atoms. The van der Waals surface area contributed by atoms with Gasteiger partial charge in [-0.1, -0.05) is 24.3 Å². The van der Waals surface area contributed by atoms with E-state index in [0.29, 0.717) is 0 Å². The number of hydrogen-bond donors (Lipinski definition) is 1. The summed E-state index contributed by atoms with van der Waals surface area (Å²) in [6.07, 6.45) is 1.95. The molecule has 2 aromatic carbocycles. The summed E-state index contributed by atoms with van der Waals surface area (Å²) >= 11 is 0. The molecule has 2 saturated heterocycles. The second-order valence-corrected chi connectivity index (χ2v) is 7.22. The van der Waals surface area contributed by atoms with Crippen LogP contribution in [0.4, 0.5) is 11.4 Å². The van der Waals surface area contributed by atoms with E-state index in [4.69, 9.17) is 4.74 Å². The number of para-hydroxylation sites is 1. The van der Waals surface area contributed by atoms with Gasteiger partial charge in [0.15, 0.2) is 0 Å². The van der Waals surface area contributed by atoms with Crippen molar-refractivity contribution in [1.29, 1.82) is 0 Å². The Morgan fingerprint density at radius 1 is 0.852 bits per heavy atom. The summed E-state index contributed by atoms with van der Waals surface area (Å²) < 4.78 is 5.42. The van der Waals surface area contributed by atoms with Gasteiger partial charge in [0, 0.05) is 49.2 Å². The minimum atomic E-state index is 0.0308. The minimum absolute atomic E-state index is 0.0308. The monoisotopic (exact) mass is 365 g/mol. The lowest BCUT2D eigenvalue weighted by Gasteiger charge is -2.34. The zero-order valence-corrected chi connectivity index (χ0v) is 15.6. The molecule has 2 aliphatic heterocycles. The van der Waals surface area contributed by atoms with E-state index in [-0.39, 0.29) is 11.9 Å². The highest BCUT2D eigenvalue weighted by molar-refractivity contribution is 5.95. The Morgan fingerprint density at radius 2 is 1.52 bits per heavy atom. The first kappa shape index (κ1) is 17.9. The average molecular weight is 365 g/mol. The van der Waals surface area contributed by atoms with Crippen LogP contribution in [-0.4, -0.2) is 51.3 Å². The molecule has 2 heterocycles. The Morgan fingerprint density at radius 3 is 2.26 bits per heavy atom. The fraction of sp³-hybridized carbons (Fsp3) is 0.409. The van der Waals surface area contributed by atoms with E-state index < -0.39 is 0 Å². The van der Waals surface area contributed by atoms with Crippen LogP contribution in [0.3, 0.4) is 0 Å². The van der Waals surface area contributed by atoms with Crippen LogP contribution >= 0.6 is 0 Å². The van der Waals surface area contributed by atoms with Crippen molar-refractivity contribution >= 4 is 17.3 Å². The number of piperidine rings is 1. The van der Waals surface area contributed by atoms with Crippen LogP contribution in [0.25, 0.3) is 0 Å². The molecule has 0 unspecified atom stereocenters. The van der Waals surface area contributed by atoms with Crippen molar-refractivity contribution in [1.82, 2.24) is 5.32 Å². The summed E-state index contributed by atoms with van der Waals surface area (Å²) in [5, 5.41) is 3.23. The van der Waals surface area contributed by atoms with E-state index in [1.807, 2.05) is 24.3 Å². The molecule has 2 aromatic rings. The van der Waals surface area contributed by atoms with Gasteiger partial charge in [0.2, 0.25) is 0 Å². The normalized spacial score (nSPS) is 18.4. The Labute approximate surface area is 160 Å². The third-order valence-electron chi connectivity index (χ3n) is 5.44. The molecule has 0 radical (unpaired) electrons. The maximum Gasteiger partial charge on any atom is 0.251 e. The number of rotatable bonds is 4. The molecule has 1 amide bonds. The average Bonchev–Trinajstić information content (AvgIpc) is 2.75. The first-order chi connectivity index (χ1) is 13.3. The van der Waals surface area contributed by atoms with Crippen LogP contribution in [0.5, 0.6) is 0 Å². The number of morpholine rings is 1. The van der Waals surface area contributed by atoms with Gasteiger partial charge in [0.1, 0.15) is 0 Å². The number of benzene rings is 2. The van der Waals surface area contributed by atoms with Crippen molar-refractivity contribution in [3.63, 3.8) is 0 Å². The first-order valence-electron chi connectivity index (χ1n) is 9.83. The summed E-state index contributed by atoms with van der Waals surface area (Å²) in [5.41, 5.74) is 3.11. The quantitative estimate of drug-likeness (QED) is 0.905. The van der Waals surface area contributed by atoms with Gasteiger partial charge in [-0.25, -0.2) is 0 Å². The summed E-state index contributed by atoms with van der Waals surface area (Å²) in [6.45, 7) is 5.20. The van der Waals surface area contributed by atoms with Gasteiger partial charge in [0.05, 0.1) is 13.2 Å². The van der Waals surface area contributed by atoms with Crippen LogP contribution in [0.2, 0.25) is 0 Å². The minimum Gasteiger partial charge on any atom is -0.378 e. The van der Waals surface area contributed by atoms with Crippen molar-refractivity contribution < 1.29 is 9.53 Å². The highest BCUT2D eigenvalue weighted by Gasteiger charge is 2.22. The van der Waals surface area contributed by atoms with Gasteiger partial charge in [-0.3, -0.25) is 4.79 Å². The van der Waals surface area contributed by atoms with Crippen molar-refractivity contribution in [3.8, 4) is 0 Å². The lowest BCUT2D eigenvalue weighted by molar-refractivity contribution is 0.0931. The molecule has 5 heteroatoms. The van der Waals surface area contributed by atoms with Crippen molar-refractivity contribution in [2.24, 2.45) is 0 Å². The summed E-state index contributed by atoms with van der Waals surface area (Å²) in [5.74, 6) is 0.0308. The smallest absolute Gasteiger partial charge is 0.251 e. The third kappa shape index (κ3) is 4.42. The van der Waals surface area contributed by atoms with Crippen LogP contribution in [0.15, 0.2) is 54.6 Å². The van der Waals surface area contributed by atoms with Crippen molar-refractivity contribution in [2.75, 3.05) is 49.2 Å². The fourth-order valence-electron chi connectivity index (χ4n) is 3.85. The number of hydrogen-bond acceptors (Lipinski definition) is 4. The number of ether oxygens (including phenoxy) is 1. The lowest BCUT2D eigenvalue weighted by atomic mass is 10.0. The Balaban J connectivity index is 1.33. The number of carbonyl (C=O) groups is 1. The molecule has 27 heavy (non-hydrogen) atoms. The molecule has 4 rings (SSSR count). The zero-order chi connectivity index (χ0) is 18.5. The Bertz CT molecular complexity index is 751. The van der Waals surface area contributed by atoms with Gasteiger partial charge in [-0.05, 0) is 43.2 Å². The summed E-state index contributed by atoms with van der Waals surface area (Å²) in [4.78, 5) is 17.4.